The van der Waals surface area contributed by atoms with Gasteiger partial charge in [-0.1, -0.05) is 0 Å². The van der Waals surface area contributed by atoms with E-state index in [0.717, 1.165) is 35.0 Å². The molecule has 3 rings (SSSR count). The molecule has 0 spiro atoms. The summed E-state index contributed by atoms with van der Waals surface area (Å²) in [7, 11) is 0. The summed E-state index contributed by atoms with van der Waals surface area (Å²) in [5, 5.41) is 0.741. The maximum absolute atomic E-state index is 11.9. The highest BCUT2D eigenvalue weighted by Crippen LogP contribution is 2.36. The lowest BCUT2D eigenvalue weighted by atomic mass is 9.84. The number of nitrogens with one attached hydrogen (secondary N) is 1. The van der Waals surface area contributed by atoms with Crippen LogP contribution in [0.3, 0.4) is 0 Å². The van der Waals surface area contributed by atoms with Gasteiger partial charge in [0.25, 0.3) is 5.56 Å². The van der Waals surface area contributed by atoms with Gasteiger partial charge in [0.05, 0.1) is 11.7 Å². The summed E-state index contributed by atoms with van der Waals surface area (Å²) in [5.74, 6) is 0.613. The first kappa shape index (κ1) is 11.6. The number of aromatic nitrogens is 2. The number of nitrogens with zero attached hydrogens (tertiary/aromatic N) is 1. The molecular formula is C13H14N2O2S. The normalized spacial score (nSPS) is 18.8. The molecule has 94 valence electrons. The lowest BCUT2D eigenvalue weighted by Gasteiger charge is -2.20. The van der Waals surface area contributed by atoms with E-state index in [4.69, 9.17) is 0 Å². The van der Waals surface area contributed by atoms with E-state index in [1.54, 1.807) is 18.3 Å². The highest BCUT2D eigenvalue weighted by molar-refractivity contribution is 7.18. The second-order valence-electron chi connectivity index (χ2n) is 4.93. The molecule has 4 nitrogen and oxygen atoms in total. The van der Waals surface area contributed by atoms with Crippen LogP contribution in [0.1, 0.15) is 30.2 Å². The Hall–Kier alpha value is -1.49. The lowest BCUT2D eigenvalue weighted by molar-refractivity contribution is -0.117. The molecule has 0 saturated heterocycles. The lowest BCUT2D eigenvalue weighted by Crippen LogP contribution is -2.17. The molecule has 2 aromatic rings. The summed E-state index contributed by atoms with van der Waals surface area (Å²) in [4.78, 5) is 32.1. The maximum Gasteiger partial charge on any atom is 0.259 e. The van der Waals surface area contributed by atoms with Gasteiger partial charge in [0, 0.05) is 11.3 Å². The molecule has 2 aromatic heterocycles. The molecule has 0 aliphatic heterocycles. The molecule has 1 unspecified atom stereocenters. The SMILES string of the molecule is CC(=O)CC1CCc2sc3nc[nH]c(=O)c3c2C1. The summed E-state index contributed by atoms with van der Waals surface area (Å²) in [6.45, 7) is 1.63. The van der Waals surface area contributed by atoms with Crippen LogP contribution in [0.5, 0.6) is 0 Å². The minimum absolute atomic E-state index is 0.0547. The average Bonchev–Trinajstić information content (AvgIpc) is 2.67. The molecule has 0 amide bonds. The Morgan fingerprint density at radius 2 is 2.44 bits per heavy atom. The fraction of sp³-hybridized carbons (Fsp3) is 0.462. The van der Waals surface area contributed by atoms with Crippen molar-refractivity contribution >= 4 is 27.3 Å². The van der Waals surface area contributed by atoms with Gasteiger partial charge in [0.1, 0.15) is 10.6 Å². The van der Waals surface area contributed by atoms with Crippen LogP contribution in [0.15, 0.2) is 11.1 Å². The van der Waals surface area contributed by atoms with Crippen molar-refractivity contribution in [2.75, 3.05) is 0 Å². The number of hydrogen-bond donors (Lipinski definition) is 1. The molecule has 1 atom stereocenters. The van der Waals surface area contributed by atoms with E-state index in [0.29, 0.717) is 12.3 Å². The van der Waals surface area contributed by atoms with Crippen LogP contribution in [-0.2, 0) is 17.6 Å². The van der Waals surface area contributed by atoms with Crippen LogP contribution >= 0.6 is 11.3 Å². The number of carbonyl (C=O) groups excluding carboxylic acids is 1. The average molecular weight is 262 g/mol. The van der Waals surface area contributed by atoms with Crippen molar-refractivity contribution in [2.45, 2.75) is 32.6 Å². The van der Waals surface area contributed by atoms with Crippen LogP contribution in [-0.4, -0.2) is 15.8 Å². The van der Waals surface area contributed by atoms with E-state index in [2.05, 4.69) is 9.97 Å². The number of thiophene rings is 1. The first-order valence-electron chi connectivity index (χ1n) is 6.12. The van der Waals surface area contributed by atoms with Crippen LogP contribution in [0.2, 0.25) is 0 Å². The second kappa shape index (κ2) is 4.31. The number of ketones is 1. The first-order chi connectivity index (χ1) is 8.65. The number of rotatable bonds is 2. The van der Waals surface area contributed by atoms with Crippen molar-refractivity contribution in [2.24, 2.45) is 5.92 Å². The number of carbonyl (C=O) groups is 1. The largest absolute Gasteiger partial charge is 0.313 e. The summed E-state index contributed by atoms with van der Waals surface area (Å²) < 4.78 is 0. The number of Topliss-reactive ketones (excluding diaryl/α,β-unsaturated/α-hetero) is 1. The molecule has 0 saturated carbocycles. The minimum atomic E-state index is -0.0547. The quantitative estimate of drug-likeness (QED) is 0.901. The van der Waals surface area contributed by atoms with Crippen LogP contribution < -0.4 is 5.56 Å². The smallest absolute Gasteiger partial charge is 0.259 e. The van der Waals surface area contributed by atoms with Crippen LogP contribution in [0.25, 0.3) is 10.2 Å². The Morgan fingerprint density at radius 3 is 3.22 bits per heavy atom. The summed E-state index contributed by atoms with van der Waals surface area (Å²) >= 11 is 1.62. The van der Waals surface area contributed by atoms with Crippen LogP contribution in [0.4, 0.5) is 0 Å². The van der Waals surface area contributed by atoms with E-state index in [9.17, 15) is 9.59 Å². The van der Waals surface area contributed by atoms with E-state index >= 15 is 0 Å². The first-order valence-corrected chi connectivity index (χ1v) is 6.94. The highest BCUT2D eigenvalue weighted by atomic mass is 32.1. The van der Waals surface area contributed by atoms with Gasteiger partial charge < -0.3 is 9.78 Å². The zero-order valence-electron chi connectivity index (χ0n) is 10.2. The molecule has 0 fully saturated rings. The molecular weight excluding hydrogens is 248 g/mol. The van der Waals surface area contributed by atoms with E-state index < -0.39 is 0 Å². The van der Waals surface area contributed by atoms with Gasteiger partial charge in [-0.15, -0.1) is 11.3 Å². The summed E-state index contributed by atoms with van der Waals surface area (Å²) in [6.07, 6.45) is 4.92. The predicted octanol–water partition coefficient (Wildman–Crippen LogP) is 2.07. The van der Waals surface area contributed by atoms with Crippen molar-refractivity contribution in [1.82, 2.24) is 9.97 Å². The van der Waals surface area contributed by atoms with Gasteiger partial charge in [-0.3, -0.25) is 4.79 Å². The molecule has 0 bridgehead atoms. The fourth-order valence-corrected chi connectivity index (χ4v) is 3.95. The molecule has 2 heterocycles. The van der Waals surface area contributed by atoms with Crippen molar-refractivity contribution in [1.29, 1.82) is 0 Å². The number of aromatic amines is 1. The number of hydrogen-bond acceptors (Lipinski definition) is 4. The van der Waals surface area contributed by atoms with Gasteiger partial charge >= 0.3 is 0 Å². The molecule has 0 radical (unpaired) electrons. The van der Waals surface area contributed by atoms with Gasteiger partial charge in [-0.05, 0) is 37.7 Å². The minimum Gasteiger partial charge on any atom is -0.313 e. The monoisotopic (exact) mass is 262 g/mol. The van der Waals surface area contributed by atoms with E-state index in [1.807, 2.05) is 0 Å². The third kappa shape index (κ3) is 1.88. The Morgan fingerprint density at radius 1 is 1.61 bits per heavy atom. The number of fused-ring (bicyclic) bond motifs is 3. The number of aryl methyl sites for hydroxylation is 1. The molecule has 5 heteroatoms. The van der Waals surface area contributed by atoms with Gasteiger partial charge in [-0.2, -0.15) is 0 Å². The Kier molecular flexibility index (Phi) is 2.78. The molecule has 1 aliphatic carbocycles. The summed E-state index contributed by atoms with van der Waals surface area (Å²) in [6, 6.07) is 0. The third-order valence-electron chi connectivity index (χ3n) is 3.53. The Balaban J connectivity index is 2.06. The Labute approximate surface area is 108 Å². The van der Waals surface area contributed by atoms with Gasteiger partial charge in [0.15, 0.2) is 0 Å². The van der Waals surface area contributed by atoms with Gasteiger partial charge in [0.2, 0.25) is 0 Å². The van der Waals surface area contributed by atoms with Crippen molar-refractivity contribution < 1.29 is 4.79 Å². The van der Waals surface area contributed by atoms with E-state index in [1.165, 1.54) is 11.2 Å². The molecule has 1 aliphatic rings. The van der Waals surface area contributed by atoms with Crippen molar-refractivity contribution in [3.8, 4) is 0 Å². The van der Waals surface area contributed by atoms with Crippen LogP contribution in [0, 0.1) is 5.92 Å². The zero-order chi connectivity index (χ0) is 12.7. The highest BCUT2D eigenvalue weighted by Gasteiger charge is 2.25. The van der Waals surface area contributed by atoms with E-state index in [-0.39, 0.29) is 11.3 Å². The zero-order valence-corrected chi connectivity index (χ0v) is 11.0. The summed E-state index contributed by atoms with van der Waals surface area (Å²) in [5.41, 5.74) is 1.07. The maximum atomic E-state index is 11.9. The molecule has 1 N–H and O–H groups in total. The standard InChI is InChI=1S/C13H14N2O2S/c1-7(16)4-8-2-3-10-9(5-8)11-12(17)14-6-15-13(11)18-10/h6,8H,2-5H2,1H3,(H,14,15,17). The topological polar surface area (TPSA) is 62.8 Å². The van der Waals surface area contributed by atoms with Crippen molar-refractivity contribution in [3.63, 3.8) is 0 Å². The third-order valence-corrected chi connectivity index (χ3v) is 4.73. The van der Waals surface area contributed by atoms with Gasteiger partial charge in [-0.25, -0.2) is 4.98 Å². The number of H-pyrrole nitrogens is 1. The Bertz CT molecular complexity index is 671. The predicted molar refractivity (Wildman–Crippen MR) is 71.1 cm³/mol. The van der Waals surface area contributed by atoms with Crippen molar-refractivity contribution in [3.05, 3.63) is 27.1 Å². The fourth-order valence-electron chi connectivity index (χ4n) is 2.77. The molecule has 0 aromatic carbocycles. The second-order valence-corrected chi connectivity index (χ2v) is 6.01. The molecule has 18 heavy (non-hydrogen) atoms.